The largest absolute Gasteiger partial charge is 0.384 e. The first-order valence-electron chi connectivity index (χ1n) is 10.1. The quantitative estimate of drug-likeness (QED) is 0.327. The first-order valence-corrected chi connectivity index (χ1v) is 11.5. The van der Waals surface area contributed by atoms with Crippen LogP contribution in [0.15, 0.2) is 101 Å². The molecule has 1 aliphatic rings. The summed E-state index contributed by atoms with van der Waals surface area (Å²) in [4.78, 5) is 24.1. The molecular formula is C24H18N4O5S. The van der Waals surface area contributed by atoms with Crippen LogP contribution in [0.5, 0.6) is 0 Å². The molecular weight excluding hydrogens is 456 g/mol. The molecule has 0 fully saturated rings. The van der Waals surface area contributed by atoms with Gasteiger partial charge < -0.3 is 5.73 Å². The Kier molecular flexibility index (Phi) is 5.88. The van der Waals surface area contributed by atoms with Crippen molar-refractivity contribution < 1.29 is 18.1 Å². The number of non-ortho nitro benzene ring substituents is 1. The monoisotopic (exact) mass is 474 g/mol. The Bertz CT molecular complexity index is 1430. The van der Waals surface area contributed by atoms with E-state index in [2.05, 4.69) is 0 Å². The van der Waals surface area contributed by atoms with E-state index in [0.717, 1.165) is 4.31 Å². The van der Waals surface area contributed by atoms with E-state index in [0.29, 0.717) is 5.56 Å². The number of sulfonamides is 1. The average molecular weight is 474 g/mol. The summed E-state index contributed by atoms with van der Waals surface area (Å²) in [5.74, 6) is -1.97. The summed E-state index contributed by atoms with van der Waals surface area (Å²) < 4.78 is 28.1. The molecule has 1 aliphatic heterocycles. The van der Waals surface area contributed by atoms with Crippen LogP contribution in [0.1, 0.15) is 21.8 Å². The second kappa shape index (κ2) is 8.80. The van der Waals surface area contributed by atoms with Gasteiger partial charge in [-0.3, -0.25) is 14.9 Å². The summed E-state index contributed by atoms with van der Waals surface area (Å²) in [6.45, 7) is 0. The number of Topliss-reactive ketones (excluding diaryl/α,β-unsaturated/α-hetero) is 1. The molecule has 0 unspecified atom stereocenters. The van der Waals surface area contributed by atoms with Crippen LogP contribution in [-0.2, 0) is 10.0 Å². The van der Waals surface area contributed by atoms with Crippen LogP contribution < -0.4 is 5.73 Å². The number of hydrogen-bond acceptors (Lipinski definition) is 7. The summed E-state index contributed by atoms with van der Waals surface area (Å²) in [5, 5.41) is 21.0. The highest BCUT2D eigenvalue weighted by Crippen LogP contribution is 2.43. The van der Waals surface area contributed by atoms with Crippen molar-refractivity contribution >= 4 is 21.5 Å². The summed E-state index contributed by atoms with van der Waals surface area (Å²) in [6.07, 6.45) is 0. The third-order valence-corrected chi connectivity index (χ3v) is 7.41. The van der Waals surface area contributed by atoms with Gasteiger partial charge in [0.05, 0.1) is 27.4 Å². The van der Waals surface area contributed by atoms with Gasteiger partial charge in [-0.2, -0.15) is 5.26 Å². The first kappa shape index (κ1) is 22.7. The fraction of sp³-hybridized carbons (Fsp3) is 0.0833. The van der Waals surface area contributed by atoms with Gasteiger partial charge in [0.2, 0.25) is 0 Å². The molecule has 0 radical (unpaired) electrons. The number of nitrogens with two attached hydrogens (primary N) is 1. The minimum absolute atomic E-state index is 0.0922. The van der Waals surface area contributed by atoms with Gasteiger partial charge in [0.15, 0.2) is 5.78 Å². The van der Waals surface area contributed by atoms with Crippen LogP contribution in [0.4, 0.5) is 5.69 Å². The molecule has 0 aromatic heterocycles. The zero-order chi connectivity index (χ0) is 24.5. The Hall–Kier alpha value is -4.49. The second-order valence-electron chi connectivity index (χ2n) is 7.53. The second-order valence-corrected chi connectivity index (χ2v) is 9.34. The van der Waals surface area contributed by atoms with Gasteiger partial charge in [0.25, 0.3) is 15.7 Å². The van der Waals surface area contributed by atoms with Gasteiger partial charge in [-0.05, 0) is 17.7 Å². The molecule has 9 nitrogen and oxygen atoms in total. The number of rotatable bonds is 6. The molecule has 4 rings (SSSR count). The Balaban J connectivity index is 1.93. The molecule has 0 saturated carbocycles. The van der Waals surface area contributed by atoms with Crippen LogP contribution in [0.3, 0.4) is 0 Å². The number of nitriles is 1. The number of benzene rings is 3. The number of nitrogens with zero attached hydrogens (tertiary/aromatic N) is 3. The maximum Gasteiger partial charge on any atom is 0.269 e. The van der Waals surface area contributed by atoms with E-state index in [1.165, 1.54) is 48.5 Å². The number of carbonyl (C=O) groups excluding carboxylic acids is 1. The average Bonchev–Trinajstić information content (AvgIpc) is 3.17. The Morgan fingerprint density at radius 2 is 1.53 bits per heavy atom. The lowest BCUT2D eigenvalue weighted by molar-refractivity contribution is -0.384. The van der Waals surface area contributed by atoms with Crippen LogP contribution in [0.2, 0.25) is 0 Å². The van der Waals surface area contributed by atoms with Crippen LogP contribution in [-0.4, -0.2) is 29.5 Å². The Labute approximate surface area is 195 Å². The molecule has 0 amide bonds. The first-order chi connectivity index (χ1) is 16.3. The highest BCUT2D eigenvalue weighted by molar-refractivity contribution is 7.89. The highest BCUT2D eigenvalue weighted by Gasteiger charge is 2.50. The molecule has 3 aromatic rings. The van der Waals surface area contributed by atoms with Crippen molar-refractivity contribution in [3.05, 3.63) is 118 Å². The normalized spacial score (nSPS) is 17.9. The minimum atomic E-state index is -4.33. The fourth-order valence-corrected chi connectivity index (χ4v) is 5.62. The topological polar surface area (TPSA) is 147 Å². The molecule has 34 heavy (non-hydrogen) atoms. The van der Waals surface area contributed by atoms with Crippen molar-refractivity contribution in [1.29, 1.82) is 5.26 Å². The lowest BCUT2D eigenvalue weighted by Crippen LogP contribution is -2.45. The minimum Gasteiger partial charge on any atom is -0.384 e. The van der Waals surface area contributed by atoms with Crippen LogP contribution in [0.25, 0.3) is 0 Å². The molecule has 170 valence electrons. The van der Waals surface area contributed by atoms with Gasteiger partial charge in [-0.25, -0.2) is 12.7 Å². The van der Waals surface area contributed by atoms with Gasteiger partial charge in [-0.15, -0.1) is 0 Å². The van der Waals surface area contributed by atoms with Gasteiger partial charge in [0, 0.05) is 17.7 Å². The smallest absolute Gasteiger partial charge is 0.269 e. The summed E-state index contributed by atoms with van der Waals surface area (Å²) in [6, 6.07) is 21.4. The van der Waals surface area contributed by atoms with Gasteiger partial charge in [0.1, 0.15) is 11.9 Å². The van der Waals surface area contributed by atoms with Crippen molar-refractivity contribution in [3.63, 3.8) is 0 Å². The number of nitro groups is 1. The standard InChI is InChI=1S/C24H18N4O5S/c25-15-20-21(16-11-13-18(14-12-16)28(30)31)22(23(29)17-7-3-1-4-8-17)27(24(20)26)34(32,33)19-9-5-2-6-10-19/h1-14,21-22H,26H2/t21-,22-/m0/s1. The summed E-state index contributed by atoms with van der Waals surface area (Å²) in [7, 11) is -4.33. The van der Waals surface area contributed by atoms with E-state index >= 15 is 0 Å². The third kappa shape index (κ3) is 3.78. The van der Waals surface area contributed by atoms with Gasteiger partial charge in [-0.1, -0.05) is 60.7 Å². The van der Waals surface area contributed by atoms with E-state index in [-0.39, 0.29) is 27.5 Å². The molecule has 0 saturated heterocycles. The molecule has 0 bridgehead atoms. The number of carbonyl (C=O) groups is 1. The highest BCUT2D eigenvalue weighted by atomic mass is 32.2. The summed E-state index contributed by atoms with van der Waals surface area (Å²) >= 11 is 0. The lowest BCUT2D eigenvalue weighted by Gasteiger charge is -2.29. The molecule has 2 atom stereocenters. The number of hydrogen-bond donors (Lipinski definition) is 1. The van der Waals surface area contributed by atoms with E-state index in [9.17, 15) is 28.6 Å². The molecule has 1 heterocycles. The van der Waals surface area contributed by atoms with Crippen LogP contribution >= 0.6 is 0 Å². The molecule has 10 heteroatoms. The SMILES string of the molecule is N#CC1=C(N)N(S(=O)(=O)c2ccccc2)[C@H](C(=O)c2ccccc2)[C@H]1c1ccc([N+](=O)[O-])cc1. The number of ketones is 1. The van der Waals surface area contributed by atoms with Gasteiger partial charge >= 0.3 is 0 Å². The van der Waals surface area contributed by atoms with Crippen LogP contribution in [0, 0.1) is 21.4 Å². The maximum absolute atomic E-state index is 13.7. The van der Waals surface area contributed by atoms with Crippen molar-refractivity contribution in [1.82, 2.24) is 4.31 Å². The van der Waals surface area contributed by atoms with E-state index in [1.807, 2.05) is 6.07 Å². The molecule has 0 spiro atoms. The Morgan fingerprint density at radius 3 is 2.06 bits per heavy atom. The van der Waals surface area contributed by atoms with E-state index < -0.39 is 32.7 Å². The molecule has 3 aromatic carbocycles. The molecule has 2 N–H and O–H groups in total. The van der Waals surface area contributed by atoms with E-state index in [1.54, 1.807) is 36.4 Å². The van der Waals surface area contributed by atoms with Crippen molar-refractivity contribution in [2.24, 2.45) is 5.73 Å². The van der Waals surface area contributed by atoms with Crippen molar-refractivity contribution in [2.75, 3.05) is 0 Å². The lowest BCUT2D eigenvalue weighted by atomic mass is 9.84. The molecule has 0 aliphatic carbocycles. The third-order valence-electron chi connectivity index (χ3n) is 5.60. The predicted molar refractivity (Wildman–Crippen MR) is 123 cm³/mol. The Morgan fingerprint density at radius 1 is 0.971 bits per heavy atom. The number of nitro benzene ring substituents is 1. The predicted octanol–water partition coefficient (Wildman–Crippen LogP) is 3.33. The van der Waals surface area contributed by atoms with Crippen molar-refractivity contribution in [2.45, 2.75) is 16.9 Å². The van der Waals surface area contributed by atoms with E-state index in [4.69, 9.17) is 5.73 Å². The zero-order valence-electron chi connectivity index (χ0n) is 17.6. The zero-order valence-corrected chi connectivity index (χ0v) is 18.4. The van der Waals surface area contributed by atoms with Crippen molar-refractivity contribution in [3.8, 4) is 6.07 Å². The summed E-state index contributed by atoms with van der Waals surface area (Å²) in [5.41, 5.74) is 6.51. The maximum atomic E-state index is 13.7. The fourth-order valence-electron chi connectivity index (χ4n) is 4.02.